The molecule has 2 amide bonds. The average molecular weight is 549 g/mol. The first-order valence-corrected chi connectivity index (χ1v) is 11.2. The smallest absolute Gasteiger partial charge is 0.416 e. The predicted molar refractivity (Wildman–Crippen MR) is 143 cm³/mol. The number of ether oxygens (including phenoxy) is 3. The number of cyclic esters (lactones) is 1. The number of anilines is 2. The number of rotatable bonds is 7. The van der Waals surface area contributed by atoms with Crippen LogP contribution in [0.25, 0.3) is 10.9 Å². The van der Waals surface area contributed by atoms with Crippen LogP contribution < -0.4 is 30.6 Å². The number of pyridine rings is 1. The van der Waals surface area contributed by atoms with E-state index >= 15 is 0 Å². The van der Waals surface area contributed by atoms with Crippen LogP contribution in [0.4, 0.5) is 20.8 Å². The minimum atomic E-state index is -0.596. The average Bonchev–Trinajstić information content (AvgIpc) is 3.24. The molecule has 2 N–H and O–H groups in total. The number of hydrogen-bond donors (Lipinski definition) is 2. The van der Waals surface area contributed by atoms with Crippen LogP contribution in [-0.4, -0.2) is 65.0 Å². The molecule has 0 saturated carbocycles. The van der Waals surface area contributed by atoms with Crippen LogP contribution in [0.1, 0.15) is 14.4 Å². The monoisotopic (exact) mass is 548 g/mol. The maximum absolute atomic E-state index is 14.5. The van der Waals surface area contributed by atoms with E-state index in [1.165, 1.54) is 27.8 Å². The minimum Gasteiger partial charge on any atom is -0.487 e. The SMILES string of the molecule is C.CC(COc1c(F)ccc2ccc(=O)n(C)c12)NC[C@H]1CN(c2cnc3c(n2)NC(=O)CO3)C(=O)O1.S. The van der Waals surface area contributed by atoms with Crippen molar-refractivity contribution in [3.63, 3.8) is 0 Å². The molecular weight excluding hydrogens is 519 g/mol. The molecule has 1 saturated heterocycles. The highest BCUT2D eigenvalue weighted by atomic mass is 32.1. The van der Waals surface area contributed by atoms with Gasteiger partial charge in [-0.3, -0.25) is 14.5 Å². The molecular formula is C24H29FN6O6S. The van der Waals surface area contributed by atoms with Crippen LogP contribution in [0.2, 0.25) is 0 Å². The molecule has 0 radical (unpaired) electrons. The van der Waals surface area contributed by atoms with Gasteiger partial charge in [-0.15, -0.1) is 0 Å². The summed E-state index contributed by atoms with van der Waals surface area (Å²) in [5.74, 6) is -0.379. The Morgan fingerprint density at radius 1 is 1.26 bits per heavy atom. The van der Waals surface area contributed by atoms with Crippen molar-refractivity contribution in [1.82, 2.24) is 19.9 Å². The van der Waals surface area contributed by atoms with Crippen molar-refractivity contribution >= 4 is 48.0 Å². The van der Waals surface area contributed by atoms with E-state index in [2.05, 4.69) is 20.6 Å². The van der Waals surface area contributed by atoms with Crippen molar-refractivity contribution in [2.75, 3.05) is 36.5 Å². The summed E-state index contributed by atoms with van der Waals surface area (Å²) in [5.41, 5.74) is 0.109. The number of halogens is 1. The third kappa shape index (κ3) is 5.65. The van der Waals surface area contributed by atoms with Crippen molar-refractivity contribution in [2.45, 2.75) is 26.5 Å². The summed E-state index contributed by atoms with van der Waals surface area (Å²) in [6.07, 6.45) is 0.288. The molecule has 2 aliphatic heterocycles. The topological polar surface area (TPSA) is 137 Å². The second kappa shape index (κ2) is 11.6. The normalized spacial score (nSPS) is 16.9. The highest BCUT2D eigenvalue weighted by molar-refractivity contribution is 7.59. The fourth-order valence-electron chi connectivity index (χ4n) is 3.97. The molecule has 0 spiro atoms. The number of nitrogens with one attached hydrogen (secondary N) is 2. The third-order valence-corrected chi connectivity index (χ3v) is 5.83. The number of nitrogens with zero attached hydrogens (tertiary/aromatic N) is 4. The van der Waals surface area contributed by atoms with Gasteiger partial charge in [0.25, 0.3) is 17.3 Å². The Balaban J connectivity index is 0.00000200. The second-order valence-electron chi connectivity index (χ2n) is 8.50. The van der Waals surface area contributed by atoms with E-state index in [0.717, 1.165) is 0 Å². The lowest BCUT2D eigenvalue weighted by Crippen LogP contribution is -2.39. The molecule has 2 aliphatic rings. The molecule has 2 atom stereocenters. The fourth-order valence-corrected chi connectivity index (χ4v) is 3.97. The van der Waals surface area contributed by atoms with Gasteiger partial charge in [-0.1, -0.05) is 7.43 Å². The summed E-state index contributed by atoms with van der Waals surface area (Å²) in [6, 6.07) is 5.70. The van der Waals surface area contributed by atoms with Crippen molar-refractivity contribution in [2.24, 2.45) is 7.05 Å². The highest BCUT2D eigenvalue weighted by Gasteiger charge is 2.34. The molecule has 204 valence electrons. The van der Waals surface area contributed by atoms with Gasteiger partial charge in [-0.2, -0.15) is 13.5 Å². The van der Waals surface area contributed by atoms with Crippen molar-refractivity contribution in [3.8, 4) is 11.6 Å². The highest BCUT2D eigenvalue weighted by Crippen LogP contribution is 2.29. The van der Waals surface area contributed by atoms with Crippen LogP contribution in [-0.2, 0) is 16.6 Å². The van der Waals surface area contributed by atoms with Crippen molar-refractivity contribution in [1.29, 1.82) is 0 Å². The molecule has 0 bridgehead atoms. The van der Waals surface area contributed by atoms with Crippen LogP contribution in [0.5, 0.6) is 11.6 Å². The van der Waals surface area contributed by atoms with Crippen LogP contribution in [0.3, 0.4) is 0 Å². The zero-order valence-electron chi connectivity index (χ0n) is 20.0. The first-order chi connectivity index (χ1) is 17.3. The van der Waals surface area contributed by atoms with Crippen LogP contribution >= 0.6 is 13.5 Å². The standard InChI is InChI=1S/C23H23FN6O6.CH4.H2S/c1-12(10-34-20-15(24)5-3-13-4-6-18(32)29(2)19(13)20)25-7-14-9-30(23(33)36-14)16-8-26-22-21(27-16)28-17(31)11-35-22;;/h3-6,8,12,14,25H,7,9-11H2,1-2H3,(H,27,28,31);1H4;1H2/t12?,14-;;/m0../s1. The Morgan fingerprint density at radius 3 is 2.82 bits per heavy atom. The van der Waals surface area contributed by atoms with Crippen molar-refractivity contribution in [3.05, 3.63) is 46.6 Å². The molecule has 1 unspecified atom stereocenters. The molecule has 5 rings (SSSR count). The molecule has 12 nitrogen and oxygen atoms in total. The molecule has 4 heterocycles. The Hall–Kier alpha value is -3.91. The van der Waals surface area contributed by atoms with E-state index in [1.54, 1.807) is 19.2 Å². The summed E-state index contributed by atoms with van der Waals surface area (Å²) in [7, 11) is 1.56. The van der Waals surface area contributed by atoms with Gasteiger partial charge in [0.15, 0.2) is 29.8 Å². The Morgan fingerprint density at radius 2 is 2.03 bits per heavy atom. The first kappa shape index (κ1) is 28.7. The second-order valence-corrected chi connectivity index (χ2v) is 8.50. The Kier molecular flexibility index (Phi) is 8.78. The van der Waals surface area contributed by atoms with Gasteiger partial charge in [0.1, 0.15) is 12.7 Å². The van der Waals surface area contributed by atoms with E-state index in [4.69, 9.17) is 14.2 Å². The molecule has 2 aromatic heterocycles. The van der Waals surface area contributed by atoms with Gasteiger partial charge < -0.3 is 29.4 Å². The number of carbonyl (C=O) groups excluding carboxylic acids is 2. The fraction of sp³-hybridized carbons (Fsp3) is 0.375. The molecule has 0 aliphatic carbocycles. The van der Waals surface area contributed by atoms with Crippen molar-refractivity contribution < 1.29 is 28.2 Å². The maximum atomic E-state index is 14.5. The molecule has 1 aromatic carbocycles. The number of carbonyl (C=O) groups is 2. The summed E-state index contributed by atoms with van der Waals surface area (Å²) in [4.78, 5) is 45.6. The van der Waals surface area contributed by atoms with Gasteiger partial charge in [-0.25, -0.2) is 19.2 Å². The Labute approximate surface area is 224 Å². The number of fused-ring (bicyclic) bond motifs is 2. The van der Waals surface area contributed by atoms with E-state index < -0.39 is 18.0 Å². The van der Waals surface area contributed by atoms with Gasteiger partial charge in [0.2, 0.25) is 0 Å². The summed E-state index contributed by atoms with van der Waals surface area (Å²) in [6.45, 7) is 2.32. The number of benzene rings is 1. The third-order valence-electron chi connectivity index (χ3n) is 5.83. The first-order valence-electron chi connectivity index (χ1n) is 11.2. The van der Waals surface area contributed by atoms with Crippen LogP contribution in [0.15, 0.2) is 35.3 Å². The van der Waals surface area contributed by atoms with E-state index in [9.17, 15) is 18.8 Å². The van der Waals surface area contributed by atoms with Gasteiger partial charge in [0.05, 0.1) is 18.3 Å². The molecule has 14 heteroatoms. The van der Waals surface area contributed by atoms with E-state index in [1.807, 2.05) is 6.92 Å². The number of aryl methyl sites for hydroxylation is 1. The Bertz CT molecular complexity index is 1420. The maximum Gasteiger partial charge on any atom is 0.416 e. The largest absolute Gasteiger partial charge is 0.487 e. The zero-order chi connectivity index (χ0) is 25.4. The number of amides is 2. The van der Waals surface area contributed by atoms with Gasteiger partial charge in [0, 0.05) is 31.1 Å². The van der Waals surface area contributed by atoms with Gasteiger partial charge in [-0.05, 0) is 25.1 Å². The number of aromatic nitrogens is 3. The summed E-state index contributed by atoms with van der Waals surface area (Å²) in [5, 5.41) is 6.44. The molecule has 1 fully saturated rings. The van der Waals surface area contributed by atoms with Crippen LogP contribution in [0, 0.1) is 5.82 Å². The lowest BCUT2D eigenvalue weighted by Gasteiger charge is -2.19. The number of hydrogen-bond acceptors (Lipinski definition) is 9. The van der Waals surface area contributed by atoms with E-state index in [-0.39, 0.29) is 81.5 Å². The van der Waals surface area contributed by atoms with E-state index in [0.29, 0.717) is 17.4 Å². The lowest BCUT2D eigenvalue weighted by atomic mass is 10.2. The minimum absolute atomic E-state index is 0. The van der Waals surface area contributed by atoms with Gasteiger partial charge >= 0.3 is 6.09 Å². The predicted octanol–water partition coefficient (Wildman–Crippen LogP) is 1.93. The molecule has 3 aromatic rings. The quantitative estimate of drug-likeness (QED) is 0.454. The molecule has 38 heavy (non-hydrogen) atoms. The summed E-state index contributed by atoms with van der Waals surface area (Å²) >= 11 is 0. The lowest BCUT2D eigenvalue weighted by molar-refractivity contribution is -0.118. The zero-order valence-corrected chi connectivity index (χ0v) is 21.0. The summed E-state index contributed by atoms with van der Waals surface area (Å²) < 4.78 is 32.2.